The molecule has 1 aliphatic rings. The smallest absolute Gasteiger partial charge is 0.251 e. The Morgan fingerprint density at radius 2 is 1.78 bits per heavy atom. The quantitative estimate of drug-likeness (QED) is 0.611. The maximum Gasteiger partial charge on any atom is 0.251 e. The van der Waals surface area contributed by atoms with E-state index in [9.17, 15) is 4.79 Å². The molecule has 6 heteroatoms. The van der Waals surface area contributed by atoms with Gasteiger partial charge in [-0.2, -0.15) is 5.10 Å². The second-order valence-electron chi connectivity index (χ2n) is 8.59. The van der Waals surface area contributed by atoms with Crippen LogP contribution in [0.4, 0.5) is 0 Å². The third-order valence-electron chi connectivity index (χ3n) is 6.39. The van der Waals surface area contributed by atoms with Gasteiger partial charge in [-0.3, -0.25) is 9.48 Å². The van der Waals surface area contributed by atoms with Crippen LogP contribution in [0, 0.1) is 13.8 Å². The first kappa shape index (κ1) is 22.1. The predicted octanol–water partition coefficient (Wildman–Crippen LogP) is 4.04. The summed E-state index contributed by atoms with van der Waals surface area (Å²) >= 11 is 0. The van der Waals surface area contributed by atoms with Gasteiger partial charge in [-0.25, -0.2) is 0 Å². The summed E-state index contributed by atoms with van der Waals surface area (Å²) < 4.78 is 12.9. The Hall–Kier alpha value is -3.12. The fraction of sp³-hybridized carbons (Fsp3) is 0.385. The fourth-order valence-corrected chi connectivity index (χ4v) is 4.40. The molecule has 0 spiro atoms. The van der Waals surface area contributed by atoms with Crippen molar-refractivity contribution in [2.24, 2.45) is 0 Å². The van der Waals surface area contributed by atoms with Crippen molar-refractivity contribution in [3.63, 3.8) is 0 Å². The third kappa shape index (κ3) is 4.86. The summed E-state index contributed by atoms with van der Waals surface area (Å²) in [5.74, 6) is 0.780. The molecule has 3 aromatic rings. The molecule has 0 bridgehead atoms. The van der Waals surface area contributed by atoms with Crippen LogP contribution in [0.2, 0.25) is 0 Å². The largest absolute Gasteiger partial charge is 0.497 e. The minimum Gasteiger partial charge on any atom is -0.497 e. The van der Waals surface area contributed by atoms with Gasteiger partial charge in [0.2, 0.25) is 0 Å². The van der Waals surface area contributed by atoms with Crippen molar-refractivity contribution in [1.29, 1.82) is 0 Å². The molecule has 1 aromatic heterocycles. The van der Waals surface area contributed by atoms with Crippen molar-refractivity contribution in [3.8, 4) is 5.75 Å². The number of aryl methyl sites for hydroxylation is 2. The molecule has 0 saturated carbocycles. The fourth-order valence-electron chi connectivity index (χ4n) is 4.40. The Balaban J connectivity index is 1.43. The van der Waals surface area contributed by atoms with E-state index in [1.165, 1.54) is 5.56 Å². The van der Waals surface area contributed by atoms with E-state index in [1.807, 2.05) is 48.0 Å². The molecule has 1 fully saturated rings. The van der Waals surface area contributed by atoms with E-state index in [0.29, 0.717) is 31.9 Å². The number of hydrogen-bond donors (Lipinski definition) is 1. The van der Waals surface area contributed by atoms with E-state index in [2.05, 4.69) is 35.5 Å². The van der Waals surface area contributed by atoms with Gasteiger partial charge in [0.15, 0.2) is 0 Å². The summed E-state index contributed by atoms with van der Waals surface area (Å²) in [5.41, 5.74) is 5.00. The van der Waals surface area contributed by atoms with Crippen molar-refractivity contribution in [2.75, 3.05) is 26.9 Å². The lowest BCUT2D eigenvalue weighted by Gasteiger charge is -2.38. The zero-order valence-corrected chi connectivity index (χ0v) is 19.1. The maximum atomic E-state index is 12.9. The lowest BCUT2D eigenvalue weighted by atomic mass is 9.74. The highest BCUT2D eigenvalue weighted by Crippen LogP contribution is 2.35. The number of hydrogen-bond acceptors (Lipinski definition) is 4. The van der Waals surface area contributed by atoms with Gasteiger partial charge in [-0.05, 0) is 68.1 Å². The molecule has 0 radical (unpaired) electrons. The van der Waals surface area contributed by atoms with Gasteiger partial charge in [0, 0.05) is 36.4 Å². The van der Waals surface area contributed by atoms with Gasteiger partial charge in [0.25, 0.3) is 5.91 Å². The molecule has 1 aliphatic heterocycles. The second-order valence-corrected chi connectivity index (χ2v) is 8.59. The molecule has 1 N–H and O–H groups in total. The Labute approximate surface area is 189 Å². The molecular formula is C26H31N3O3. The predicted molar refractivity (Wildman–Crippen MR) is 124 cm³/mol. The molecule has 0 unspecified atom stereocenters. The van der Waals surface area contributed by atoms with Crippen LogP contribution in [-0.4, -0.2) is 42.6 Å². The summed E-state index contributed by atoms with van der Waals surface area (Å²) in [4.78, 5) is 12.9. The van der Waals surface area contributed by atoms with Crippen molar-refractivity contribution in [2.45, 2.75) is 38.6 Å². The van der Waals surface area contributed by atoms with Crippen LogP contribution in [0.3, 0.4) is 0 Å². The van der Waals surface area contributed by atoms with Crippen LogP contribution in [0.5, 0.6) is 5.75 Å². The zero-order chi connectivity index (χ0) is 22.6. The number of benzene rings is 2. The number of carbonyl (C=O) groups excluding carboxylic acids is 1. The molecular weight excluding hydrogens is 402 g/mol. The van der Waals surface area contributed by atoms with Crippen molar-refractivity contribution < 1.29 is 14.3 Å². The van der Waals surface area contributed by atoms with Crippen LogP contribution in [-0.2, 0) is 16.7 Å². The molecule has 6 nitrogen and oxygen atoms in total. The topological polar surface area (TPSA) is 65.4 Å². The van der Waals surface area contributed by atoms with Crippen LogP contribution in [0.15, 0.2) is 54.6 Å². The number of rotatable bonds is 7. The first-order valence-electron chi connectivity index (χ1n) is 11.1. The molecule has 4 rings (SSSR count). The van der Waals surface area contributed by atoms with E-state index in [1.54, 1.807) is 7.11 Å². The Morgan fingerprint density at radius 3 is 2.38 bits per heavy atom. The zero-order valence-electron chi connectivity index (χ0n) is 19.1. The standard InChI is InChI=1S/C26H31N3O3/c1-19-16-20(2)29(28-19)17-21-4-6-22(7-5-21)25(30)27-18-26(12-14-32-15-13-26)23-8-10-24(31-3)11-9-23/h4-11,16H,12-15,17-18H2,1-3H3,(H,27,30). The molecule has 2 heterocycles. The molecule has 168 valence electrons. The summed E-state index contributed by atoms with van der Waals surface area (Å²) in [6.45, 7) is 6.72. The average molecular weight is 434 g/mol. The number of aromatic nitrogens is 2. The third-order valence-corrected chi connectivity index (χ3v) is 6.39. The minimum atomic E-state index is -0.129. The van der Waals surface area contributed by atoms with Crippen molar-refractivity contribution in [3.05, 3.63) is 82.7 Å². The van der Waals surface area contributed by atoms with Crippen LogP contribution >= 0.6 is 0 Å². The molecule has 1 amide bonds. The Morgan fingerprint density at radius 1 is 1.09 bits per heavy atom. The first-order chi connectivity index (χ1) is 15.5. The van der Waals surface area contributed by atoms with E-state index >= 15 is 0 Å². The number of carbonyl (C=O) groups is 1. The average Bonchev–Trinajstić information content (AvgIpc) is 3.15. The highest BCUT2D eigenvalue weighted by molar-refractivity contribution is 5.94. The van der Waals surface area contributed by atoms with Gasteiger partial charge >= 0.3 is 0 Å². The van der Waals surface area contributed by atoms with Gasteiger partial charge in [0.1, 0.15) is 5.75 Å². The highest BCUT2D eigenvalue weighted by atomic mass is 16.5. The summed E-state index contributed by atoms with van der Waals surface area (Å²) in [6, 6.07) is 18.0. The number of nitrogens with one attached hydrogen (secondary N) is 1. The Bertz CT molecular complexity index is 1050. The molecule has 32 heavy (non-hydrogen) atoms. The number of amides is 1. The Kier molecular flexibility index (Phi) is 6.61. The number of nitrogens with zero attached hydrogens (tertiary/aromatic N) is 2. The van der Waals surface area contributed by atoms with E-state index in [4.69, 9.17) is 9.47 Å². The SMILES string of the molecule is COc1ccc(C2(CNC(=O)c3ccc(Cn4nc(C)cc4C)cc3)CCOCC2)cc1. The van der Waals surface area contributed by atoms with E-state index in [0.717, 1.165) is 35.5 Å². The maximum absolute atomic E-state index is 12.9. The molecule has 0 atom stereocenters. The van der Waals surface area contributed by atoms with Gasteiger partial charge in [-0.1, -0.05) is 24.3 Å². The number of methoxy groups -OCH3 is 1. The van der Waals surface area contributed by atoms with Crippen LogP contribution < -0.4 is 10.1 Å². The lowest BCUT2D eigenvalue weighted by Crippen LogP contribution is -2.44. The lowest BCUT2D eigenvalue weighted by molar-refractivity contribution is 0.0487. The summed E-state index contributed by atoms with van der Waals surface area (Å²) in [5, 5.41) is 7.69. The molecule has 2 aromatic carbocycles. The summed E-state index contributed by atoms with van der Waals surface area (Å²) in [6.07, 6.45) is 1.75. The van der Waals surface area contributed by atoms with Crippen LogP contribution in [0.1, 0.15) is 45.7 Å². The number of ether oxygens (including phenoxy) is 2. The van der Waals surface area contributed by atoms with Gasteiger partial charge in [-0.15, -0.1) is 0 Å². The molecule has 1 saturated heterocycles. The monoisotopic (exact) mass is 433 g/mol. The molecule has 0 aliphatic carbocycles. The van der Waals surface area contributed by atoms with E-state index < -0.39 is 0 Å². The van der Waals surface area contributed by atoms with Crippen molar-refractivity contribution >= 4 is 5.91 Å². The normalized spacial score (nSPS) is 15.3. The second kappa shape index (κ2) is 9.57. The minimum absolute atomic E-state index is 0.0537. The van der Waals surface area contributed by atoms with Gasteiger partial charge in [0.05, 0.1) is 19.3 Å². The van der Waals surface area contributed by atoms with E-state index in [-0.39, 0.29) is 11.3 Å². The van der Waals surface area contributed by atoms with Crippen molar-refractivity contribution in [1.82, 2.24) is 15.1 Å². The first-order valence-corrected chi connectivity index (χ1v) is 11.1. The highest BCUT2D eigenvalue weighted by Gasteiger charge is 2.35. The van der Waals surface area contributed by atoms with Gasteiger partial charge < -0.3 is 14.8 Å². The summed E-state index contributed by atoms with van der Waals surface area (Å²) in [7, 11) is 1.67. The van der Waals surface area contributed by atoms with Crippen LogP contribution in [0.25, 0.3) is 0 Å².